The van der Waals surface area contributed by atoms with Crippen LogP contribution < -0.4 is 16.1 Å². The first-order valence-electron chi connectivity index (χ1n) is 7.75. The van der Waals surface area contributed by atoms with Crippen LogP contribution in [0.15, 0.2) is 4.34 Å². The zero-order valence-electron chi connectivity index (χ0n) is 14.8. The van der Waals surface area contributed by atoms with Crippen molar-refractivity contribution in [3.8, 4) is 0 Å². The molecule has 25 heavy (non-hydrogen) atoms. The normalized spacial score (nSPS) is 20.6. The largest absolute Gasteiger partial charge is 0.355 e. The Morgan fingerprint density at radius 3 is 2.60 bits per heavy atom. The summed E-state index contributed by atoms with van der Waals surface area (Å²) in [7, 11) is 0. The Kier molecular flexibility index (Phi) is 5.57. The third-order valence-corrected chi connectivity index (χ3v) is 5.39. The third kappa shape index (κ3) is 4.82. The molecule has 0 aromatic carbocycles. The number of hydrogen-bond donors (Lipinski definition) is 3. The molecule has 1 saturated heterocycles. The Balaban J connectivity index is 1.87. The number of aromatic nitrogens is 2. The molecule has 0 radical (unpaired) electrons. The molecule has 1 aromatic heterocycles. The molecule has 4 amide bonds. The van der Waals surface area contributed by atoms with E-state index in [4.69, 9.17) is 0 Å². The monoisotopic (exact) mass is 386 g/mol. The average Bonchev–Trinajstić information content (AvgIpc) is 3.02. The summed E-state index contributed by atoms with van der Waals surface area (Å²) in [6, 6.07) is -0.625. The van der Waals surface area contributed by atoms with Crippen molar-refractivity contribution in [1.29, 1.82) is 0 Å². The van der Waals surface area contributed by atoms with Crippen LogP contribution in [0.2, 0.25) is 0 Å². The van der Waals surface area contributed by atoms with E-state index in [1.807, 2.05) is 20.8 Å². The highest BCUT2D eigenvalue weighted by Gasteiger charge is 2.47. The van der Waals surface area contributed by atoms with Gasteiger partial charge in [0.2, 0.25) is 11.0 Å². The summed E-state index contributed by atoms with van der Waals surface area (Å²) in [5.41, 5.74) is 1.22. The van der Waals surface area contributed by atoms with Gasteiger partial charge in [-0.05, 0) is 34.1 Å². The fourth-order valence-corrected chi connectivity index (χ4v) is 3.70. The lowest BCUT2D eigenvalue weighted by Gasteiger charge is -2.19. The summed E-state index contributed by atoms with van der Waals surface area (Å²) in [5, 5.41) is 15.2. The van der Waals surface area contributed by atoms with Gasteiger partial charge in [0.15, 0.2) is 4.34 Å². The summed E-state index contributed by atoms with van der Waals surface area (Å²) in [5.74, 6) is -0.912. The fourth-order valence-electron chi connectivity index (χ4n) is 1.95. The first kappa shape index (κ1) is 19.4. The van der Waals surface area contributed by atoms with Crippen molar-refractivity contribution in [3.63, 3.8) is 0 Å². The number of nitrogens with zero attached hydrogens (tertiary/aromatic N) is 3. The van der Waals surface area contributed by atoms with E-state index in [0.717, 1.165) is 5.01 Å². The number of hydrazine groups is 1. The van der Waals surface area contributed by atoms with E-state index < -0.39 is 23.4 Å². The van der Waals surface area contributed by atoms with Crippen LogP contribution in [-0.2, 0) is 9.59 Å². The van der Waals surface area contributed by atoms with Crippen molar-refractivity contribution in [2.24, 2.45) is 0 Å². The molecule has 1 aliphatic heterocycles. The number of imide groups is 1. The molecule has 1 aliphatic rings. The van der Waals surface area contributed by atoms with Crippen LogP contribution in [0, 0.1) is 0 Å². The van der Waals surface area contributed by atoms with E-state index in [1.54, 1.807) is 13.8 Å². The van der Waals surface area contributed by atoms with Crippen LogP contribution in [-0.4, -0.2) is 49.9 Å². The van der Waals surface area contributed by atoms with Crippen LogP contribution in [0.5, 0.6) is 0 Å². The van der Waals surface area contributed by atoms with Crippen molar-refractivity contribution >= 4 is 46.1 Å². The molecule has 2 rings (SSSR count). The maximum atomic E-state index is 12.2. The van der Waals surface area contributed by atoms with Gasteiger partial charge in [-0.15, -0.1) is 10.2 Å². The molecule has 0 bridgehead atoms. The smallest absolute Gasteiger partial charge is 0.344 e. The fraction of sp³-hybridized carbons (Fsp3) is 0.643. The van der Waals surface area contributed by atoms with Crippen molar-refractivity contribution in [2.45, 2.75) is 56.5 Å². The average molecular weight is 387 g/mol. The van der Waals surface area contributed by atoms with Crippen molar-refractivity contribution in [3.05, 3.63) is 0 Å². The van der Waals surface area contributed by atoms with E-state index >= 15 is 0 Å². The minimum atomic E-state index is -0.982. The number of amides is 4. The second-order valence-electron chi connectivity index (χ2n) is 6.83. The molecule has 1 unspecified atom stereocenters. The molecule has 0 spiro atoms. The summed E-state index contributed by atoms with van der Waals surface area (Å²) < 4.78 is 0.623. The molecule has 11 heteroatoms. The third-order valence-electron chi connectivity index (χ3n) is 3.42. The van der Waals surface area contributed by atoms with Crippen LogP contribution in [0.4, 0.5) is 9.93 Å². The van der Waals surface area contributed by atoms with E-state index in [-0.39, 0.29) is 11.3 Å². The molecule has 138 valence electrons. The molecular weight excluding hydrogens is 364 g/mol. The number of thioether (sulfide) groups is 1. The number of anilines is 1. The van der Waals surface area contributed by atoms with Gasteiger partial charge in [0, 0.05) is 5.54 Å². The van der Waals surface area contributed by atoms with Crippen molar-refractivity contribution < 1.29 is 14.4 Å². The van der Waals surface area contributed by atoms with Crippen LogP contribution in [0.1, 0.15) is 41.0 Å². The lowest BCUT2D eigenvalue weighted by atomic mass is 10.00. The number of hydrogen-bond acceptors (Lipinski definition) is 8. The van der Waals surface area contributed by atoms with Crippen molar-refractivity contribution in [1.82, 2.24) is 25.9 Å². The van der Waals surface area contributed by atoms with Gasteiger partial charge in [-0.1, -0.05) is 30.0 Å². The number of nitrogens with one attached hydrogen (secondary N) is 3. The molecule has 1 aromatic rings. The minimum absolute atomic E-state index is 0.0179. The Labute approximate surface area is 154 Å². The zero-order valence-corrected chi connectivity index (χ0v) is 16.4. The van der Waals surface area contributed by atoms with E-state index in [0.29, 0.717) is 15.9 Å². The Morgan fingerprint density at radius 1 is 1.36 bits per heavy atom. The number of carbonyl (C=O) groups is 3. The van der Waals surface area contributed by atoms with E-state index in [9.17, 15) is 14.4 Å². The number of carbonyl (C=O) groups excluding carboxylic acids is 3. The van der Waals surface area contributed by atoms with E-state index in [2.05, 4.69) is 26.3 Å². The molecular formula is C14H22N6O3S2. The van der Waals surface area contributed by atoms with Gasteiger partial charge >= 0.3 is 6.03 Å². The van der Waals surface area contributed by atoms with Gasteiger partial charge in [0.1, 0.15) is 5.54 Å². The van der Waals surface area contributed by atoms with Gasteiger partial charge in [-0.3, -0.25) is 15.0 Å². The molecule has 3 N–H and O–H groups in total. The van der Waals surface area contributed by atoms with Gasteiger partial charge in [0.05, 0.1) is 5.75 Å². The topological polar surface area (TPSA) is 116 Å². The van der Waals surface area contributed by atoms with Crippen LogP contribution in [0.25, 0.3) is 0 Å². The van der Waals surface area contributed by atoms with Gasteiger partial charge in [-0.2, -0.15) is 5.01 Å². The molecule has 1 atom stereocenters. The summed E-state index contributed by atoms with van der Waals surface area (Å²) in [6.07, 6.45) is 0.438. The highest BCUT2D eigenvalue weighted by Crippen LogP contribution is 2.27. The first-order valence-corrected chi connectivity index (χ1v) is 9.55. The maximum Gasteiger partial charge on any atom is 0.344 e. The maximum absolute atomic E-state index is 12.2. The van der Waals surface area contributed by atoms with Crippen LogP contribution in [0.3, 0.4) is 0 Å². The molecule has 2 heterocycles. The highest BCUT2D eigenvalue weighted by molar-refractivity contribution is 8.01. The summed E-state index contributed by atoms with van der Waals surface area (Å²) >= 11 is 2.53. The van der Waals surface area contributed by atoms with Gasteiger partial charge < -0.3 is 10.6 Å². The molecule has 9 nitrogen and oxygen atoms in total. The second-order valence-corrected chi connectivity index (χ2v) is 9.03. The molecule has 1 fully saturated rings. The lowest BCUT2D eigenvalue weighted by Crippen LogP contribution is -2.49. The minimum Gasteiger partial charge on any atom is -0.355 e. The predicted molar refractivity (Wildman–Crippen MR) is 96.2 cm³/mol. The van der Waals surface area contributed by atoms with Gasteiger partial charge in [0.25, 0.3) is 5.91 Å². The quantitative estimate of drug-likeness (QED) is 0.502. The molecule has 0 aliphatic carbocycles. The molecule has 0 saturated carbocycles. The number of urea groups is 1. The Bertz CT molecular complexity index is 686. The second kappa shape index (κ2) is 7.16. The standard InChI is InChI=1S/C14H22N6O3S2/c1-6-14(5)9(22)20(11(23)16-14)19-8(21)7-24-12-18-17-10(25-12)15-13(2,3)4/h6-7H2,1-5H3,(H,15,17)(H,16,23)(H,19,21). The number of rotatable bonds is 6. The Hall–Kier alpha value is -1.88. The van der Waals surface area contributed by atoms with Crippen molar-refractivity contribution in [2.75, 3.05) is 11.1 Å². The first-order chi connectivity index (χ1) is 11.5. The predicted octanol–water partition coefficient (Wildman–Crippen LogP) is 1.59. The highest BCUT2D eigenvalue weighted by atomic mass is 32.2. The summed E-state index contributed by atoms with van der Waals surface area (Å²) in [6.45, 7) is 9.45. The Morgan fingerprint density at radius 2 is 2.04 bits per heavy atom. The SMILES string of the molecule is CCC1(C)NC(=O)N(NC(=O)CSc2nnc(NC(C)(C)C)s2)C1=O. The lowest BCUT2D eigenvalue weighted by molar-refractivity contribution is -0.137. The van der Waals surface area contributed by atoms with E-state index in [1.165, 1.54) is 23.1 Å². The zero-order chi connectivity index (χ0) is 18.8. The van der Waals surface area contributed by atoms with Gasteiger partial charge in [-0.25, -0.2) is 4.79 Å². The summed E-state index contributed by atoms with van der Waals surface area (Å²) in [4.78, 5) is 36.1. The van der Waals surface area contributed by atoms with Crippen LogP contribution >= 0.6 is 23.1 Å².